The van der Waals surface area contributed by atoms with Gasteiger partial charge in [0.15, 0.2) is 5.82 Å². The summed E-state index contributed by atoms with van der Waals surface area (Å²) in [5.41, 5.74) is 0. The monoisotopic (exact) mass is 243 g/mol. The Morgan fingerprint density at radius 2 is 2.38 bits per heavy atom. The summed E-state index contributed by atoms with van der Waals surface area (Å²) in [6.07, 6.45) is 2.50. The lowest BCUT2D eigenvalue weighted by Crippen LogP contribution is -2.20. The Hall–Kier alpha value is -0.820. The lowest BCUT2D eigenvalue weighted by atomic mass is 10.5. The first kappa shape index (κ1) is 11.7. The minimum absolute atomic E-state index is 0.623. The second-order valence-corrected chi connectivity index (χ2v) is 5.77. The molecule has 16 heavy (non-hydrogen) atoms. The van der Waals surface area contributed by atoms with Gasteiger partial charge in [-0.05, 0) is 23.3 Å². The van der Waals surface area contributed by atoms with Crippen LogP contribution in [-0.4, -0.2) is 42.0 Å². The molecule has 1 aliphatic rings. The van der Waals surface area contributed by atoms with Crippen LogP contribution < -0.4 is 5.32 Å². The van der Waals surface area contributed by atoms with E-state index in [1.54, 1.807) is 4.68 Å². The highest BCUT2D eigenvalue weighted by molar-refractivity contribution is 7.84. The lowest BCUT2D eigenvalue weighted by molar-refractivity contribution is 0.563. The normalized spacial score (nSPS) is 17.6. The second kappa shape index (κ2) is 5.49. The highest BCUT2D eigenvalue weighted by Crippen LogP contribution is 2.18. The summed E-state index contributed by atoms with van der Waals surface area (Å²) in [5, 5.41) is 14.9. The summed E-state index contributed by atoms with van der Waals surface area (Å²) in [7, 11) is -0.757. The van der Waals surface area contributed by atoms with Crippen molar-refractivity contribution in [1.82, 2.24) is 25.5 Å². The van der Waals surface area contributed by atoms with E-state index in [0.29, 0.717) is 30.6 Å². The molecule has 0 saturated heterocycles. The predicted molar refractivity (Wildman–Crippen MR) is 61.2 cm³/mol. The minimum atomic E-state index is -0.757. The van der Waals surface area contributed by atoms with Gasteiger partial charge in [-0.1, -0.05) is 6.92 Å². The van der Waals surface area contributed by atoms with Gasteiger partial charge >= 0.3 is 0 Å². The molecular formula is C9H17N5OS. The van der Waals surface area contributed by atoms with Crippen molar-refractivity contribution >= 4 is 10.8 Å². The molecule has 1 aliphatic carbocycles. The van der Waals surface area contributed by atoms with Crippen LogP contribution in [0, 0.1) is 0 Å². The molecular weight excluding hydrogens is 226 g/mol. The van der Waals surface area contributed by atoms with E-state index in [9.17, 15) is 4.21 Å². The predicted octanol–water partition coefficient (Wildman–Crippen LogP) is -0.306. The maximum atomic E-state index is 11.3. The van der Waals surface area contributed by atoms with E-state index in [-0.39, 0.29) is 0 Å². The number of tetrazole rings is 1. The van der Waals surface area contributed by atoms with Gasteiger partial charge in [-0.2, -0.15) is 0 Å². The molecule has 1 heterocycles. The Morgan fingerprint density at radius 1 is 1.56 bits per heavy atom. The molecule has 1 aromatic rings. The molecule has 0 spiro atoms. The lowest BCUT2D eigenvalue weighted by Gasteiger charge is -2.04. The molecule has 0 radical (unpaired) electrons. The van der Waals surface area contributed by atoms with Crippen molar-refractivity contribution in [1.29, 1.82) is 0 Å². The van der Waals surface area contributed by atoms with Crippen LogP contribution >= 0.6 is 0 Å². The highest BCUT2D eigenvalue weighted by Gasteiger charge is 2.21. The summed E-state index contributed by atoms with van der Waals surface area (Å²) in [5.74, 6) is 2.15. The van der Waals surface area contributed by atoms with Gasteiger partial charge < -0.3 is 5.32 Å². The average Bonchev–Trinajstić information content (AvgIpc) is 3.02. The largest absolute Gasteiger partial charge is 0.307 e. The summed E-state index contributed by atoms with van der Waals surface area (Å²) < 4.78 is 13.0. The van der Waals surface area contributed by atoms with E-state index in [1.165, 1.54) is 12.8 Å². The number of aryl methyl sites for hydroxylation is 1. The van der Waals surface area contributed by atoms with Gasteiger partial charge in [0.05, 0.1) is 13.1 Å². The zero-order valence-electron chi connectivity index (χ0n) is 9.43. The number of hydrogen-bond donors (Lipinski definition) is 1. The van der Waals surface area contributed by atoms with Gasteiger partial charge in [0.1, 0.15) is 0 Å². The topological polar surface area (TPSA) is 72.7 Å². The number of hydrogen-bond acceptors (Lipinski definition) is 5. The Morgan fingerprint density at radius 3 is 3.06 bits per heavy atom. The molecule has 1 unspecified atom stereocenters. The molecule has 0 amide bonds. The maximum absolute atomic E-state index is 11.3. The maximum Gasteiger partial charge on any atom is 0.165 e. The van der Waals surface area contributed by atoms with Gasteiger partial charge in [-0.3, -0.25) is 4.21 Å². The second-order valence-electron chi connectivity index (χ2n) is 3.91. The summed E-state index contributed by atoms with van der Waals surface area (Å²) in [6.45, 7) is 3.26. The molecule has 2 rings (SSSR count). The molecule has 0 aliphatic heterocycles. The fourth-order valence-electron chi connectivity index (χ4n) is 1.38. The molecule has 6 nitrogen and oxygen atoms in total. The molecule has 1 aromatic heterocycles. The Kier molecular flexibility index (Phi) is 4.00. The molecule has 0 bridgehead atoms. The zero-order chi connectivity index (χ0) is 11.4. The summed E-state index contributed by atoms with van der Waals surface area (Å²) in [4.78, 5) is 0. The third-order valence-electron chi connectivity index (χ3n) is 2.59. The quantitative estimate of drug-likeness (QED) is 0.711. The van der Waals surface area contributed by atoms with Crippen LogP contribution in [0.4, 0.5) is 0 Å². The minimum Gasteiger partial charge on any atom is -0.307 e. The number of rotatable bonds is 7. The molecule has 1 N–H and O–H groups in total. The van der Waals surface area contributed by atoms with Crippen LogP contribution in [0.3, 0.4) is 0 Å². The Bertz CT molecular complexity index is 363. The van der Waals surface area contributed by atoms with E-state index in [1.807, 2.05) is 6.92 Å². The third-order valence-corrected chi connectivity index (χ3v) is 3.87. The number of nitrogens with one attached hydrogen (secondary N) is 1. The molecule has 7 heteroatoms. The van der Waals surface area contributed by atoms with Crippen molar-refractivity contribution < 1.29 is 4.21 Å². The molecule has 0 aromatic carbocycles. The van der Waals surface area contributed by atoms with E-state index in [4.69, 9.17) is 0 Å². The SMILES string of the molecule is CCS(=O)CCn1nnnc1CNC1CC1. The molecule has 90 valence electrons. The zero-order valence-corrected chi connectivity index (χ0v) is 10.2. The highest BCUT2D eigenvalue weighted by atomic mass is 32.2. The third kappa shape index (κ3) is 3.34. The Labute approximate surface area is 97.3 Å². The van der Waals surface area contributed by atoms with Crippen molar-refractivity contribution in [3.63, 3.8) is 0 Å². The first-order valence-electron chi connectivity index (χ1n) is 5.63. The van der Waals surface area contributed by atoms with E-state index in [0.717, 1.165) is 5.82 Å². The van der Waals surface area contributed by atoms with Gasteiger partial charge in [-0.15, -0.1) is 5.10 Å². The van der Waals surface area contributed by atoms with Gasteiger partial charge in [0.2, 0.25) is 0 Å². The molecule has 1 saturated carbocycles. The fourth-order valence-corrected chi connectivity index (χ4v) is 2.04. The standard InChI is InChI=1S/C9H17N5OS/c1-2-16(15)6-5-14-9(11-12-13-14)7-10-8-3-4-8/h8,10H,2-7H2,1H3. The van der Waals surface area contributed by atoms with Gasteiger partial charge in [0.25, 0.3) is 0 Å². The van der Waals surface area contributed by atoms with E-state index < -0.39 is 10.8 Å². The van der Waals surface area contributed by atoms with Gasteiger partial charge in [-0.25, -0.2) is 4.68 Å². The van der Waals surface area contributed by atoms with Gasteiger partial charge in [0, 0.05) is 28.3 Å². The number of aromatic nitrogens is 4. The molecule has 1 fully saturated rings. The van der Waals surface area contributed by atoms with Crippen molar-refractivity contribution in [3.05, 3.63) is 5.82 Å². The van der Waals surface area contributed by atoms with Crippen LogP contribution in [0.25, 0.3) is 0 Å². The first-order valence-corrected chi connectivity index (χ1v) is 7.11. The van der Waals surface area contributed by atoms with Crippen LogP contribution in [0.2, 0.25) is 0 Å². The van der Waals surface area contributed by atoms with Crippen LogP contribution in [0.5, 0.6) is 0 Å². The van der Waals surface area contributed by atoms with Crippen molar-refractivity contribution in [2.75, 3.05) is 11.5 Å². The van der Waals surface area contributed by atoms with Crippen LogP contribution in [0.15, 0.2) is 0 Å². The van der Waals surface area contributed by atoms with E-state index >= 15 is 0 Å². The van der Waals surface area contributed by atoms with Crippen molar-refractivity contribution in [3.8, 4) is 0 Å². The summed E-state index contributed by atoms with van der Waals surface area (Å²) in [6, 6.07) is 0.648. The first-order chi connectivity index (χ1) is 7.79. The van der Waals surface area contributed by atoms with E-state index in [2.05, 4.69) is 20.8 Å². The van der Waals surface area contributed by atoms with Crippen molar-refractivity contribution in [2.24, 2.45) is 0 Å². The summed E-state index contributed by atoms with van der Waals surface area (Å²) >= 11 is 0. The van der Waals surface area contributed by atoms with Crippen molar-refractivity contribution in [2.45, 2.75) is 38.9 Å². The Balaban J connectivity index is 1.82. The number of nitrogens with zero attached hydrogens (tertiary/aromatic N) is 4. The van der Waals surface area contributed by atoms with Crippen LogP contribution in [0.1, 0.15) is 25.6 Å². The molecule has 1 atom stereocenters. The van der Waals surface area contributed by atoms with Crippen LogP contribution in [-0.2, 0) is 23.9 Å². The average molecular weight is 243 g/mol. The fraction of sp³-hybridized carbons (Fsp3) is 0.889. The smallest absolute Gasteiger partial charge is 0.165 e.